The van der Waals surface area contributed by atoms with Crippen molar-refractivity contribution in [2.75, 3.05) is 6.61 Å². The van der Waals surface area contributed by atoms with E-state index in [4.69, 9.17) is 4.74 Å². The number of carbonyl (C=O) groups is 2. The lowest BCUT2D eigenvalue weighted by molar-refractivity contribution is -0.384. The standard InChI is InChI=1S/C16H19N3O5/c1-3-5-12-13(15(20)24-4-2)14(18-16(21)17-12)10-6-8-11(9-7-10)19(22)23/h6-9,14H,3-5H2,1-2H3,(H2,17,18,21)/t14-/m0/s1. The van der Waals surface area contributed by atoms with Crippen molar-refractivity contribution < 1.29 is 19.2 Å². The van der Waals surface area contributed by atoms with Crippen LogP contribution in [0.2, 0.25) is 0 Å². The summed E-state index contributed by atoms with van der Waals surface area (Å²) in [5, 5.41) is 16.1. The van der Waals surface area contributed by atoms with E-state index in [1.807, 2.05) is 6.92 Å². The SMILES string of the molecule is CCCC1=C(C(=O)OCC)[C@H](c2ccc([N+](=O)[O-])cc2)NC(=O)N1. The average Bonchev–Trinajstić information content (AvgIpc) is 2.55. The first kappa shape index (κ1) is 17.5. The highest BCUT2D eigenvalue weighted by Crippen LogP contribution is 2.30. The Balaban J connectivity index is 2.46. The highest BCUT2D eigenvalue weighted by Gasteiger charge is 2.33. The Bertz CT molecular complexity index is 681. The number of ether oxygens (including phenoxy) is 1. The fourth-order valence-electron chi connectivity index (χ4n) is 2.55. The molecule has 1 aliphatic heterocycles. The minimum atomic E-state index is -0.708. The van der Waals surface area contributed by atoms with E-state index in [0.29, 0.717) is 23.3 Å². The van der Waals surface area contributed by atoms with Crippen LogP contribution >= 0.6 is 0 Å². The second-order valence-corrected chi connectivity index (χ2v) is 5.24. The van der Waals surface area contributed by atoms with E-state index in [0.717, 1.165) is 6.42 Å². The third-order valence-corrected chi connectivity index (χ3v) is 3.59. The molecule has 0 saturated carbocycles. The number of hydrogen-bond donors (Lipinski definition) is 2. The molecule has 1 aromatic rings. The van der Waals surface area contributed by atoms with Crippen LogP contribution in [0.1, 0.15) is 38.3 Å². The van der Waals surface area contributed by atoms with Gasteiger partial charge < -0.3 is 15.4 Å². The van der Waals surface area contributed by atoms with E-state index in [2.05, 4.69) is 10.6 Å². The molecule has 1 aliphatic rings. The van der Waals surface area contributed by atoms with Crippen LogP contribution in [0.15, 0.2) is 35.5 Å². The lowest BCUT2D eigenvalue weighted by Gasteiger charge is -2.29. The van der Waals surface area contributed by atoms with Crippen LogP contribution in [-0.2, 0) is 9.53 Å². The normalized spacial score (nSPS) is 17.1. The van der Waals surface area contributed by atoms with Gasteiger partial charge in [0.2, 0.25) is 0 Å². The van der Waals surface area contributed by atoms with Gasteiger partial charge in [0, 0.05) is 17.8 Å². The number of rotatable bonds is 6. The van der Waals surface area contributed by atoms with Gasteiger partial charge in [-0.05, 0) is 31.0 Å². The molecule has 1 heterocycles. The monoisotopic (exact) mass is 333 g/mol. The number of amides is 2. The van der Waals surface area contributed by atoms with Crippen molar-refractivity contribution in [2.24, 2.45) is 0 Å². The van der Waals surface area contributed by atoms with E-state index in [1.165, 1.54) is 24.3 Å². The quantitative estimate of drug-likeness (QED) is 0.472. The third kappa shape index (κ3) is 3.70. The van der Waals surface area contributed by atoms with Crippen LogP contribution in [0.4, 0.5) is 10.5 Å². The zero-order chi connectivity index (χ0) is 17.7. The number of carbonyl (C=O) groups excluding carboxylic acids is 2. The molecule has 0 aromatic heterocycles. The van der Waals surface area contributed by atoms with Crippen molar-refractivity contribution >= 4 is 17.7 Å². The number of allylic oxidation sites excluding steroid dienone is 1. The Morgan fingerprint density at radius 3 is 2.50 bits per heavy atom. The lowest BCUT2D eigenvalue weighted by Crippen LogP contribution is -2.46. The number of hydrogen-bond acceptors (Lipinski definition) is 5. The summed E-state index contributed by atoms with van der Waals surface area (Å²) in [6.45, 7) is 3.85. The van der Waals surface area contributed by atoms with Crippen LogP contribution < -0.4 is 10.6 Å². The predicted molar refractivity (Wildman–Crippen MR) is 86.1 cm³/mol. The maximum Gasteiger partial charge on any atom is 0.338 e. The summed E-state index contributed by atoms with van der Waals surface area (Å²) in [7, 11) is 0. The molecule has 2 N–H and O–H groups in total. The Kier molecular flexibility index (Phi) is 5.51. The van der Waals surface area contributed by atoms with Gasteiger partial charge in [-0.1, -0.05) is 13.3 Å². The second-order valence-electron chi connectivity index (χ2n) is 5.24. The Morgan fingerprint density at radius 2 is 1.96 bits per heavy atom. The number of non-ortho nitro benzene ring substituents is 1. The largest absolute Gasteiger partial charge is 0.463 e. The van der Waals surface area contributed by atoms with E-state index in [1.54, 1.807) is 6.92 Å². The average molecular weight is 333 g/mol. The molecule has 128 valence electrons. The van der Waals surface area contributed by atoms with Gasteiger partial charge in [0.05, 0.1) is 23.1 Å². The zero-order valence-electron chi connectivity index (χ0n) is 13.5. The van der Waals surface area contributed by atoms with Gasteiger partial charge in [0.25, 0.3) is 5.69 Å². The van der Waals surface area contributed by atoms with Gasteiger partial charge in [-0.2, -0.15) is 0 Å². The van der Waals surface area contributed by atoms with Crippen LogP contribution in [0.25, 0.3) is 0 Å². The van der Waals surface area contributed by atoms with E-state index in [-0.39, 0.29) is 12.3 Å². The maximum absolute atomic E-state index is 12.4. The van der Waals surface area contributed by atoms with Gasteiger partial charge >= 0.3 is 12.0 Å². The number of esters is 1. The van der Waals surface area contributed by atoms with Crippen molar-refractivity contribution in [3.8, 4) is 0 Å². The van der Waals surface area contributed by atoms with Crippen molar-refractivity contribution in [3.05, 3.63) is 51.2 Å². The second kappa shape index (κ2) is 7.58. The van der Waals surface area contributed by atoms with Crippen molar-refractivity contribution in [1.29, 1.82) is 0 Å². The molecular weight excluding hydrogens is 314 g/mol. The topological polar surface area (TPSA) is 111 Å². The molecule has 2 amide bonds. The molecule has 0 fully saturated rings. The van der Waals surface area contributed by atoms with Crippen LogP contribution in [0.5, 0.6) is 0 Å². The molecule has 8 nitrogen and oxygen atoms in total. The van der Waals surface area contributed by atoms with Crippen molar-refractivity contribution in [1.82, 2.24) is 10.6 Å². The summed E-state index contributed by atoms with van der Waals surface area (Å²) in [5.41, 5.74) is 1.36. The van der Waals surface area contributed by atoms with Gasteiger partial charge in [-0.25, -0.2) is 9.59 Å². The first-order valence-electron chi connectivity index (χ1n) is 7.69. The van der Waals surface area contributed by atoms with Crippen molar-refractivity contribution in [3.63, 3.8) is 0 Å². The number of benzene rings is 1. The van der Waals surface area contributed by atoms with E-state index in [9.17, 15) is 19.7 Å². The summed E-state index contributed by atoms with van der Waals surface area (Å²) >= 11 is 0. The fraction of sp³-hybridized carbons (Fsp3) is 0.375. The van der Waals surface area contributed by atoms with E-state index >= 15 is 0 Å². The van der Waals surface area contributed by atoms with Gasteiger partial charge in [-0.15, -0.1) is 0 Å². The molecule has 1 aromatic carbocycles. The van der Waals surface area contributed by atoms with E-state index < -0.39 is 23.0 Å². The maximum atomic E-state index is 12.4. The lowest BCUT2D eigenvalue weighted by atomic mass is 9.93. The molecule has 24 heavy (non-hydrogen) atoms. The fourth-order valence-corrected chi connectivity index (χ4v) is 2.55. The van der Waals surface area contributed by atoms with Crippen LogP contribution in [-0.4, -0.2) is 23.5 Å². The summed E-state index contributed by atoms with van der Waals surface area (Å²) in [5.74, 6) is -0.517. The Morgan fingerprint density at radius 1 is 1.29 bits per heavy atom. The first-order valence-corrected chi connectivity index (χ1v) is 7.69. The van der Waals surface area contributed by atoms with Gasteiger partial charge in [-0.3, -0.25) is 10.1 Å². The molecule has 0 radical (unpaired) electrons. The Hall–Kier alpha value is -2.90. The number of urea groups is 1. The summed E-state index contributed by atoms with van der Waals surface area (Å²) < 4.78 is 5.11. The van der Waals surface area contributed by atoms with Gasteiger partial charge in [0.1, 0.15) is 0 Å². The predicted octanol–water partition coefficient (Wildman–Crippen LogP) is 2.57. The van der Waals surface area contributed by atoms with Crippen molar-refractivity contribution in [2.45, 2.75) is 32.7 Å². The van der Waals surface area contributed by atoms with Gasteiger partial charge in [0.15, 0.2) is 0 Å². The third-order valence-electron chi connectivity index (χ3n) is 3.59. The molecule has 8 heteroatoms. The zero-order valence-corrected chi connectivity index (χ0v) is 13.5. The summed E-state index contributed by atoms with van der Waals surface area (Å²) in [6, 6.07) is 4.60. The Labute approximate surface area is 139 Å². The highest BCUT2D eigenvalue weighted by atomic mass is 16.6. The van der Waals surface area contributed by atoms with Crippen LogP contribution in [0, 0.1) is 10.1 Å². The molecule has 2 rings (SSSR count). The molecule has 0 spiro atoms. The number of nitrogens with one attached hydrogen (secondary N) is 2. The first-order chi connectivity index (χ1) is 11.5. The molecular formula is C16H19N3O5. The molecule has 1 atom stereocenters. The minimum absolute atomic E-state index is 0.0607. The summed E-state index contributed by atoms with van der Waals surface area (Å²) in [6.07, 6.45) is 1.26. The number of nitro groups is 1. The minimum Gasteiger partial charge on any atom is -0.463 e. The number of nitrogens with zero attached hydrogens (tertiary/aromatic N) is 1. The smallest absolute Gasteiger partial charge is 0.338 e. The molecule has 0 bridgehead atoms. The molecule has 0 saturated heterocycles. The molecule has 0 aliphatic carbocycles. The number of nitro benzene ring substituents is 1. The van der Waals surface area contributed by atoms with Crippen LogP contribution in [0.3, 0.4) is 0 Å². The summed E-state index contributed by atoms with van der Waals surface area (Å²) in [4.78, 5) is 34.6. The molecule has 0 unspecified atom stereocenters. The highest BCUT2D eigenvalue weighted by molar-refractivity contribution is 5.95.